The number of aromatic hydroxyl groups is 1. The zero-order valence-corrected chi connectivity index (χ0v) is 20.2. The number of rotatable bonds is 15. The summed E-state index contributed by atoms with van der Waals surface area (Å²) in [5.41, 5.74) is 16.6. The fourth-order valence-corrected chi connectivity index (χ4v) is 3.08. The third kappa shape index (κ3) is 11.7. The van der Waals surface area contributed by atoms with Gasteiger partial charge in [-0.3, -0.25) is 24.2 Å². The molecule has 37 heavy (non-hydrogen) atoms. The van der Waals surface area contributed by atoms with E-state index in [0.717, 1.165) is 0 Å². The van der Waals surface area contributed by atoms with Gasteiger partial charge < -0.3 is 48.5 Å². The highest BCUT2D eigenvalue weighted by atomic mass is 16.4. The Morgan fingerprint density at radius 3 is 2.05 bits per heavy atom. The van der Waals surface area contributed by atoms with Crippen molar-refractivity contribution in [2.45, 2.75) is 56.8 Å². The summed E-state index contributed by atoms with van der Waals surface area (Å²) in [5, 5.41) is 34.7. The lowest BCUT2D eigenvalue weighted by Crippen LogP contribution is -2.56. The maximum atomic E-state index is 12.8. The van der Waals surface area contributed by atoms with Gasteiger partial charge in [-0.05, 0) is 37.5 Å². The monoisotopic (exact) mass is 523 g/mol. The molecule has 1 aromatic carbocycles. The quantitative estimate of drug-likeness (QED) is 0.0650. The van der Waals surface area contributed by atoms with E-state index in [1.165, 1.54) is 31.2 Å². The summed E-state index contributed by atoms with van der Waals surface area (Å²) < 4.78 is 0. The third-order valence-electron chi connectivity index (χ3n) is 5.05. The van der Waals surface area contributed by atoms with Gasteiger partial charge in [0.05, 0.1) is 12.5 Å². The molecule has 0 spiro atoms. The molecule has 15 nitrogen and oxygen atoms in total. The summed E-state index contributed by atoms with van der Waals surface area (Å²) in [7, 11) is 0. The molecule has 204 valence electrons. The van der Waals surface area contributed by atoms with Gasteiger partial charge in [-0.15, -0.1) is 0 Å². The number of phenolic OH excluding ortho intramolecular Hbond substituents is 1. The molecular weight excluding hydrogens is 490 g/mol. The number of hydrogen-bond acceptors (Lipinski definition) is 8. The van der Waals surface area contributed by atoms with Gasteiger partial charge in [0.2, 0.25) is 17.7 Å². The van der Waals surface area contributed by atoms with Gasteiger partial charge in [0.25, 0.3) is 0 Å². The number of nitrogens with zero attached hydrogens (tertiary/aromatic N) is 1. The number of carbonyl (C=O) groups is 5. The molecule has 4 unspecified atom stereocenters. The van der Waals surface area contributed by atoms with Crippen molar-refractivity contribution in [3.05, 3.63) is 29.8 Å². The number of guanidine groups is 1. The van der Waals surface area contributed by atoms with Crippen molar-refractivity contribution in [2.24, 2.45) is 22.2 Å². The van der Waals surface area contributed by atoms with Crippen LogP contribution in [0.15, 0.2) is 29.3 Å². The molecule has 0 aliphatic heterocycles. The number of phenols is 1. The molecular formula is C22H33N7O8. The van der Waals surface area contributed by atoms with Gasteiger partial charge in [-0.2, -0.15) is 0 Å². The van der Waals surface area contributed by atoms with E-state index in [0.29, 0.717) is 5.56 Å². The van der Waals surface area contributed by atoms with E-state index >= 15 is 0 Å². The Kier molecular flexibility index (Phi) is 12.3. The van der Waals surface area contributed by atoms with Crippen molar-refractivity contribution in [1.82, 2.24) is 16.0 Å². The molecule has 0 heterocycles. The number of nitrogens with two attached hydrogens (primary N) is 3. The Morgan fingerprint density at radius 1 is 0.919 bits per heavy atom. The molecule has 1 rings (SSSR count). The smallest absolute Gasteiger partial charge is 0.326 e. The van der Waals surface area contributed by atoms with Crippen molar-refractivity contribution in [3.63, 3.8) is 0 Å². The van der Waals surface area contributed by atoms with Crippen LogP contribution in [0.3, 0.4) is 0 Å². The van der Waals surface area contributed by atoms with Gasteiger partial charge in [0.1, 0.15) is 23.9 Å². The minimum Gasteiger partial charge on any atom is -0.508 e. The van der Waals surface area contributed by atoms with E-state index in [1.807, 2.05) is 0 Å². The first-order valence-electron chi connectivity index (χ1n) is 11.2. The average Bonchev–Trinajstić information content (AvgIpc) is 2.80. The first-order valence-corrected chi connectivity index (χ1v) is 11.2. The predicted octanol–water partition coefficient (Wildman–Crippen LogP) is -2.65. The van der Waals surface area contributed by atoms with Crippen LogP contribution in [0, 0.1) is 0 Å². The number of aliphatic carboxylic acids is 2. The van der Waals surface area contributed by atoms with Gasteiger partial charge in [0.15, 0.2) is 5.96 Å². The normalized spacial score (nSPS) is 13.8. The molecule has 12 N–H and O–H groups in total. The topological polar surface area (TPSA) is 273 Å². The van der Waals surface area contributed by atoms with Crippen molar-refractivity contribution >= 4 is 35.6 Å². The van der Waals surface area contributed by atoms with Gasteiger partial charge in [-0.25, -0.2) is 4.79 Å². The Balaban J connectivity index is 2.84. The predicted molar refractivity (Wildman–Crippen MR) is 131 cm³/mol. The summed E-state index contributed by atoms with van der Waals surface area (Å²) in [4.78, 5) is 63.9. The number of carboxylic acid groups (broad SMARTS) is 2. The van der Waals surface area contributed by atoms with Crippen LogP contribution in [0.1, 0.15) is 31.7 Å². The summed E-state index contributed by atoms with van der Waals surface area (Å²) in [6.07, 6.45) is -0.461. The molecule has 0 saturated carbocycles. The minimum atomic E-state index is -1.41. The van der Waals surface area contributed by atoms with Crippen molar-refractivity contribution in [3.8, 4) is 5.75 Å². The van der Waals surface area contributed by atoms with Crippen molar-refractivity contribution < 1.29 is 39.3 Å². The molecule has 15 heteroatoms. The number of amides is 3. The highest BCUT2D eigenvalue weighted by molar-refractivity contribution is 5.94. The van der Waals surface area contributed by atoms with Gasteiger partial charge >= 0.3 is 11.9 Å². The summed E-state index contributed by atoms with van der Waals surface area (Å²) >= 11 is 0. The lowest BCUT2D eigenvalue weighted by molar-refractivity contribution is -0.142. The highest BCUT2D eigenvalue weighted by Gasteiger charge is 2.28. The number of benzene rings is 1. The SMILES string of the molecule is CC(NC(=O)C(CCCN=C(N)N)NC(=O)C(N)CC(=O)O)C(=O)NC(Cc1ccc(O)cc1)C(=O)O. The van der Waals surface area contributed by atoms with Crippen LogP contribution < -0.4 is 33.2 Å². The standard InChI is InChI=1S/C22H33N7O8/c1-11(18(33)29-16(21(36)37)9-12-4-6-13(30)7-5-12)27-20(35)15(3-2-8-26-22(24)25)28-19(34)14(23)10-17(31)32/h4-7,11,14-16,30H,2-3,8-10,23H2,1H3,(H,27,35)(H,28,34)(H,29,33)(H,31,32)(H,36,37)(H4,24,25,26). The molecule has 3 amide bonds. The molecule has 0 saturated heterocycles. The Hall–Kier alpha value is -4.40. The number of nitrogens with one attached hydrogen (secondary N) is 3. The van der Waals surface area contributed by atoms with Gasteiger partial charge in [-0.1, -0.05) is 12.1 Å². The summed E-state index contributed by atoms with van der Waals surface area (Å²) in [6.45, 7) is 1.46. The van der Waals surface area contributed by atoms with E-state index in [2.05, 4.69) is 20.9 Å². The lowest BCUT2D eigenvalue weighted by Gasteiger charge is -2.23. The number of carbonyl (C=O) groups excluding carboxylic acids is 3. The average molecular weight is 524 g/mol. The maximum absolute atomic E-state index is 12.8. The second kappa shape index (κ2) is 14.9. The number of aliphatic imine (C=N–C) groups is 1. The van der Waals surface area contributed by atoms with Gasteiger partial charge in [0, 0.05) is 13.0 Å². The van der Waals surface area contributed by atoms with E-state index in [-0.39, 0.29) is 37.5 Å². The molecule has 0 aromatic heterocycles. The van der Waals surface area contributed by atoms with Crippen molar-refractivity contribution in [2.75, 3.05) is 6.54 Å². The summed E-state index contributed by atoms with van der Waals surface area (Å²) in [6, 6.07) is 0.637. The first-order chi connectivity index (χ1) is 17.3. The molecule has 0 aliphatic rings. The fraction of sp³-hybridized carbons (Fsp3) is 0.455. The van der Waals surface area contributed by atoms with Crippen LogP contribution in [-0.2, 0) is 30.4 Å². The van der Waals surface area contributed by atoms with Crippen LogP contribution in [0.5, 0.6) is 5.75 Å². The van der Waals surface area contributed by atoms with E-state index in [1.54, 1.807) is 0 Å². The Labute approximate surface area is 212 Å². The first kappa shape index (κ1) is 30.6. The van der Waals surface area contributed by atoms with Crippen LogP contribution in [-0.4, -0.2) is 81.7 Å². The van der Waals surface area contributed by atoms with Crippen molar-refractivity contribution in [1.29, 1.82) is 0 Å². The molecule has 0 bridgehead atoms. The van der Waals surface area contributed by atoms with Crippen LogP contribution in [0.25, 0.3) is 0 Å². The number of carboxylic acids is 2. The lowest BCUT2D eigenvalue weighted by atomic mass is 10.1. The van der Waals surface area contributed by atoms with E-state index in [9.17, 15) is 34.2 Å². The fourth-order valence-electron chi connectivity index (χ4n) is 3.08. The molecule has 0 radical (unpaired) electrons. The molecule has 1 aromatic rings. The largest absolute Gasteiger partial charge is 0.508 e. The molecule has 4 atom stereocenters. The molecule has 0 fully saturated rings. The zero-order chi connectivity index (χ0) is 28.1. The number of hydrogen-bond donors (Lipinski definition) is 9. The maximum Gasteiger partial charge on any atom is 0.326 e. The van der Waals surface area contributed by atoms with Crippen LogP contribution in [0.2, 0.25) is 0 Å². The molecule has 0 aliphatic carbocycles. The Bertz CT molecular complexity index is 995. The second-order valence-corrected chi connectivity index (χ2v) is 8.21. The van der Waals surface area contributed by atoms with Crippen LogP contribution >= 0.6 is 0 Å². The zero-order valence-electron chi connectivity index (χ0n) is 20.2. The van der Waals surface area contributed by atoms with Crippen LogP contribution in [0.4, 0.5) is 0 Å². The third-order valence-corrected chi connectivity index (χ3v) is 5.05. The second-order valence-electron chi connectivity index (χ2n) is 8.21. The summed E-state index contributed by atoms with van der Waals surface area (Å²) in [5.74, 6) is -5.25. The highest BCUT2D eigenvalue weighted by Crippen LogP contribution is 2.11. The minimum absolute atomic E-state index is 0.000134. The van der Waals surface area contributed by atoms with E-state index < -0.39 is 60.2 Å². The van der Waals surface area contributed by atoms with E-state index in [4.69, 9.17) is 22.3 Å². The Morgan fingerprint density at radius 2 is 1.51 bits per heavy atom.